The largest absolute Gasteiger partial charge is 0.494 e. The number of nitrogens with zero attached hydrogens (tertiary/aromatic N) is 1. The number of ether oxygens (including phenoxy) is 1. The maximum atomic E-state index is 13.4. The third-order valence-corrected chi connectivity index (χ3v) is 5.82. The Labute approximate surface area is 176 Å². The molecule has 0 aromatic heterocycles. The van der Waals surface area contributed by atoms with Crippen LogP contribution in [-0.2, 0) is 9.59 Å². The Morgan fingerprint density at radius 3 is 2.33 bits per heavy atom. The molecule has 5 heteroatoms. The molecule has 0 saturated carbocycles. The lowest BCUT2D eigenvalue weighted by Gasteiger charge is -2.43. The van der Waals surface area contributed by atoms with Gasteiger partial charge in [0.25, 0.3) is 0 Å². The first-order valence-electron chi connectivity index (χ1n) is 10.4. The van der Waals surface area contributed by atoms with Crippen LogP contribution in [0.5, 0.6) is 5.75 Å². The molecule has 2 aliphatic rings. The van der Waals surface area contributed by atoms with E-state index in [1.54, 1.807) is 17.0 Å². The van der Waals surface area contributed by atoms with Crippen molar-refractivity contribution in [3.8, 4) is 5.75 Å². The van der Waals surface area contributed by atoms with Gasteiger partial charge in [-0.1, -0.05) is 26.0 Å². The van der Waals surface area contributed by atoms with Crippen LogP contribution < -0.4 is 9.64 Å². The summed E-state index contributed by atoms with van der Waals surface area (Å²) in [6.07, 6.45) is 1.25. The number of hydrogen-bond acceptors (Lipinski definition) is 3. The van der Waals surface area contributed by atoms with E-state index >= 15 is 0 Å². The smallest absolute Gasteiger partial charge is 0.232 e. The molecule has 4 rings (SSSR count). The average Bonchev–Trinajstić information content (AvgIpc) is 2.68. The number of anilines is 1. The van der Waals surface area contributed by atoms with Gasteiger partial charge in [-0.15, -0.1) is 0 Å². The number of hydrogen-bond donors (Lipinski definition) is 0. The number of rotatable bonds is 4. The van der Waals surface area contributed by atoms with Gasteiger partial charge >= 0.3 is 0 Å². The van der Waals surface area contributed by atoms with E-state index in [2.05, 4.69) is 13.8 Å². The first kappa shape index (κ1) is 20.3. The molecule has 0 bridgehead atoms. The Bertz CT molecular complexity index is 1010. The summed E-state index contributed by atoms with van der Waals surface area (Å²) in [4.78, 5) is 28.2. The van der Waals surface area contributed by atoms with E-state index in [1.807, 2.05) is 31.2 Å². The quantitative estimate of drug-likeness (QED) is 0.683. The normalized spacial score (nSPS) is 20.9. The standard InChI is InChI=1S/C25H26FNO3/c1-4-30-19-11-9-18(10-12-19)27-21-14-25(2,3)15-22(28)24(21)20(13-23(27)29)16-5-7-17(26)8-6-16/h5-12,20H,4,13-15H2,1-3H3. The van der Waals surface area contributed by atoms with Gasteiger partial charge in [0.2, 0.25) is 5.91 Å². The lowest BCUT2D eigenvalue weighted by molar-refractivity contribution is -0.121. The Balaban J connectivity index is 1.82. The maximum absolute atomic E-state index is 13.4. The van der Waals surface area contributed by atoms with Crippen LogP contribution in [0.1, 0.15) is 51.5 Å². The molecule has 2 aromatic rings. The van der Waals surface area contributed by atoms with Gasteiger partial charge in [-0.05, 0) is 60.7 Å². The summed E-state index contributed by atoms with van der Waals surface area (Å²) in [5, 5.41) is 0. The fourth-order valence-electron chi connectivity index (χ4n) is 4.55. The number of Topliss-reactive ketones (excluding diaryl/α,β-unsaturated/α-hetero) is 1. The number of allylic oxidation sites excluding steroid dienone is 2. The molecule has 2 aromatic carbocycles. The maximum Gasteiger partial charge on any atom is 0.232 e. The first-order valence-corrected chi connectivity index (χ1v) is 10.4. The van der Waals surface area contributed by atoms with Crippen molar-refractivity contribution >= 4 is 17.4 Å². The summed E-state index contributed by atoms with van der Waals surface area (Å²) in [6, 6.07) is 13.5. The van der Waals surface area contributed by atoms with Crippen LogP contribution >= 0.6 is 0 Å². The summed E-state index contributed by atoms with van der Waals surface area (Å²) in [5.41, 5.74) is 2.76. The summed E-state index contributed by atoms with van der Waals surface area (Å²) in [5.74, 6) is 0.0822. The highest BCUT2D eigenvalue weighted by Crippen LogP contribution is 2.48. The number of carbonyl (C=O) groups excluding carboxylic acids is 2. The zero-order valence-electron chi connectivity index (χ0n) is 17.6. The molecule has 4 nitrogen and oxygen atoms in total. The highest BCUT2D eigenvalue weighted by molar-refractivity contribution is 6.07. The third-order valence-electron chi connectivity index (χ3n) is 5.82. The number of halogens is 1. The Hall–Kier alpha value is -2.95. The van der Waals surface area contributed by atoms with Gasteiger partial charge in [-0.25, -0.2) is 4.39 Å². The fourth-order valence-corrected chi connectivity index (χ4v) is 4.55. The van der Waals surface area contributed by atoms with Gasteiger partial charge in [0.15, 0.2) is 5.78 Å². The summed E-state index contributed by atoms with van der Waals surface area (Å²) < 4.78 is 19.0. The molecular weight excluding hydrogens is 381 g/mol. The second kappa shape index (κ2) is 7.71. The second-order valence-corrected chi connectivity index (χ2v) is 8.77. The Kier molecular flexibility index (Phi) is 5.22. The Morgan fingerprint density at radius 1 is 1.03 bits per heavy atom. The minimum absolute atomic E-state index is 0.0577. The zero-order valence-corrected chi connectivity index (χ0v) is 17.6. The van der Waals surface area contributed by atoms with Crippen molar-refractivity contribution in [3.63, 3.8) is 0 Å². The van der Waals surface area contributed by atoms with Gasteiger partial charge in [0.1, 0.15) is 11.6 Å². The lowest BCUT2D eigenvalue weighted by atomic mass is 9.69. The minimum atomic E-state index is -0.337. The van der Waals surface area contributed by atoms with Gasteiger partial charge in [-0.2, -0.15) is 0 Å². The fraction of sp³-hybridized carbons (Fsp3) is 0.360. The first-order chi connectivity index (χ1) is 14.3. The molecule has 1 amide bonds. The average molecular weight is 407 g/mol. The molecule has 1 heterocycles. The number of amides is 1. The van der Waals surface area contributed by atoms with Crippen LogP contribution in [0.3, 0.4) is 0 Å². The van der Waals surface area contributed by atoms with E-state index in [1.165, 1.54) is 12.1 Å². The van der Waals surface area contributed by atoms with Crippen molar-refractivity contribution in [2.24, 2.45) is 5.41 Å². The summed E-state index contributed by atoms with van der Waals surface area (Å²) in [6.45, 7) is 6.60. The van der Waals surface area contributed by atoms with Crippen molar-refractivity contribution in [1.82, 2.24) is 0 Å². The van der Waals surface area contributed by atoms with Crippen molar-refractivity contribution in [3.05, 3.63) is 71.2 Å². The monoisotopic (exact) mass is 407 g/mol. The molecule has 0 spiro atoms. The number of carbonyl (C=O) groups is 2. The number of ketones is 1. The highest BCUT2D eigenvalue weighted by Gasteiger charge is 2.44. The molecule has 156 valence electrons. The zero-order chi connectivity index (χ0) is 21.5. The molecule has 30 heavy (non-hydrogen) atoms. The van der Waals surface area contributed by atoms with Crippen LogP contribution in [-0.4, -0.2) is 18.3 Å². The lowest BCUT2D eigenvalue weighted by Crippen LogP contribution is -2.43. The van der Waals surface area contributed by atoms with Crippen molar-refractivity contribution in [2.75, 3.05) is 11.5 Å². The van der Waals surface area contributed by atoms with Gasteiger partial charge in [0.05, 0.1) is 6.61 Å². The van der Waals surface area contributed by atoms with Crippen molar-refractivity contribution in [1.29, 1.82) is 0 Å². The molecule has 0 N–H and O–H groups in total. The SMILES string of the molecule is CCOc1ccc(N2C(=O)CC(c3ccc(F)cc3)C3=C2CC(C)(C)CC3=O)cc1. The van der Waals surface area contributed by atoms with E-state index in [4.69, 9.17) is 4.74 Å². The topological polar surface area (TPSA) is 46.6 Å². The van der Waals surface area contributed by atoms with Crippen LogP contribution in [0.2, 0.25) is 0 Å². The Morgan fingerprint density at radius 2 is 1.70 bits per heavy atom. The van der Waals surface area contributed by atoms with E-state index in [0.717, 1.165) is 22.7 Å². The van der Waals surface area contributed by atoms with E-state index in [-0.39, 0.29) is 35.3 Å². The molecule has 1 unspecified atom stereocenters. The van der Waals surface area contributed by atoms with E-state index in [0.29, 0.717) is 25.0 Å². The van der Waals surface area contributed by atoms with Gasteiger partial charge < -0.3 is 4.74 Å². The van der Waals surface area contributed by atoms with Gasteiger partial charge in [0, 0.05) is 35.7 Å². The highest BCUT2D eigenvalue weighted by atomic mass is 19.1. The number of benzene rings is 2. The van der Waals surface area contributed by atoms with Crippen LogP contribution in [0.25, 0.3) is 0 Å². The second-order valence-electron chi connectivity index (χ2n) is 8.77. The molecule has 0 radical (unpaired) electrons. The van der Waals surface area contributed by atoms with Crippen molar-refractivity contribution in [2.45, 2.75) is 46.0 Å². The van der Waals surface area contributed by atoms with E-state index in [9.17, 15) is 14.0 Å². The van der Waals surface area contributed by atoms with Crippen molar-refractivity contribution < 1.29 is 18.7 Å². The summed E-state index contributed by atoms with van der Waals surface area (Å²) in [7, 11) is 0. The molecular formula is C25H26FNO3. The predicted octanol–water partition coefficient (Wildman–Crippen LogP) is 5.39. The molecule has 0 saturated heterocycles. The van der Waals surface area contributed by atoms with Crippen LogP contribution in [0, 0.1) is 11.2 Å². The van der Waals surface area contributed by atoms with Crippen LogP contribution in [0.4, 0.5) is 10.1 Å². The minimum Gasteiger partial charge on any atom is -0.494 e. The molecule has 1 aliphatic carbocycles. The van der Waals surface area contributed by atoms with Gasteiger partial charge in [-0.3, -0.25) is 14.5 Å². The van der Waals surface area contributed by atoms with E-state index < -0.39 is 0 Å². The third kappa shape index (κ3) is 3.76. The summed E-state index contributed by atoms with van der Waals surface area (Å²) >= 11 is 0. The molecule has 1 aliphatic heterocycles. The molecule has 0 fully saturated rings. The molecule has 1 atom stereocenters. The predicted molar refractivity (Wildman–Crippen MR) is 114 cm³/mol. The van der Waals surface area contributed by atoms with Crippen LogP contribution in [0.15, 0.2) is 59.8 Å².